The van der Waals surface area contributed by atoms with Crippen LogP contribution in [0.1, 0.15) is 41.1 Å². The van der Waals surface area contributed by atoms with Gasteiger partial charge in [0.2, 0.25) is 0 Å². The summed E-state index contributed by atoms with van der Waals surface area (Å²) in [5, 5.41) is 10.1. The molecule has 5 heteroatoms. The van der Waals surface area contributed by atoms with Crippen molar-refractivity contribution in [1.82, 2.24) is 4.90 Å². The summed E-state index contributed by atoms with van der Waals surface area (Å²) in [6.45, 7) is 4.04. The first-order valence-corrected chi connectivity index (χ1v) is 8.96. The molecule has 0 radical (unpaired) electrons. The lowest BCUT2D eigenvalue weighted by molar-refractivity contribution is 0.136. The highest BCUT2D eigenvalue weighted by molar-refractivity contribution is 5.55. The molecule has 138 valence electrons. The van der Waals surface area contributed by atoms with Crippen molar-refractivity contribution in [3.63, 3.8) is 0 Å². The molecule has 26 heavy (non-hydrogen) atoms. The Morgan fingerprint density at radius 2 is 1.77 bits per heavy atom. The van der Waals surface area contributed by atoms with E-state index < -0.39 is 0 Å². The van der Waals surface area contributed by atoms with Crippen LogP contribution in [0, 0.1) is 0 Å². The van der Waals surface area contributed by atoms with Gasteiger partial charge < -0.3 is 19.3 Å². The van der Waals surface area contributed by atoms with Gasteiger partial charge in [-0.15, -0.1) is 0 Å². The fraction of sp³-hybridized carbons (Fsp3) is 0.429. The van der Waals surface area contributed by atoms with Gasteiger partial charge in [0.1, 0.15) is 0 Å². The zero-order valence-corrected chi connectivity index (χ0v) is 15.7. The zero-order valence-electron chi connectivity index (χ0n) is 15.7. The Bertz CT molecular complexity index is 848. The first-order valence-electron chi connectivity index (χ1n) is 8.96. The molecule has 0 bridgehead atoms. The molecule has 2 atom stereocenters. The number of hydrogen-bond acceptors (Lipinski definition) is 5. The van der Waals surface area contributed by atoms with E-state index in [4.69, 9.17) is 14.2 Å². The fourth-order valence-electron chi connectivity index (χ4n) is 4.61. The lowest BCUT2D eigenvalue weighted by Gasteiger charge is -2.45. The molecule has 2 heterocycles. The van der Waals surface area contributed by atoms with Gasteiger partial charge in [0, 0.05) is 30.6 Å². The Morgan fingerprint density at radius 1 is 1.00 bits per heavy atom. The summed E-state index contributed by atoms with van der Waals surface area (Å²) in [6, 6.07) is 8.28. The average Bonchev–Trinajstić information content (AvgIpc) is 2.66. The standard InChI is InChI=1S/C21H25NO4/c1-12-14-5-6-18(24-2)21(26-4)16(14)11-22-8-7-13-9-17(23)19(25-3)10-15(13)20(12)22/h5-6,9-10,12,20,23H,7-8,11H2,1-4H3/t12?,20-/m1/s1. The van der Waals surface area contributed by atoms with Crippen LogP contribution in [0.15, 0.2) is 24.3 Å². The maximum absolute atomic E-state index is 10.1. The number of rotatable bonds is 3. The van der Waals surface area contributed by atoms with Crippen molar-refractivity contribution in [2.75, 3.05) is 27.9 Å². The SMILES string of the molecule is COc1cc2c(cc1O)CCN1Cc3c(ccc(OC)c3OC)C(C)[C@H]21. The number of hydrogen-bond donors (Lipinski definition) is 1. The third-order valence-electron chi connectivity index (χ3n) is 5.83. The number of ether oxygens (including phenoxy) is 3. The Kier molecular flexibility index (Phi) is 4.19. The highest BCUT2D eigenvalue weighted by Gasteiger charge is 2.39. The molecule has 2 aromatic carbocycles. The highest BCUT2D eigenvalue weighted by Crippen LogP contribution is 2.50. The van der Waals surface area contributed by atoms with Gasteiger partial charge in [0.15, 0.2) is 23.0 Å². The van der Waals surface area contributed by atoms with Gasteiger partial charge >= 0.3 is 0 Å². The Hall–Kier alpha value is -2.40. The molecule has 0 aliphatic carbocycles. The van der Waals surface area contributed by atoms with E-state index in [2.05, 4.69) is 17.9 Å². The van der Waals surface area contributed by atoms with E-state index in [-0.39, 0.29) is 11.8 Å². The summed E-state index contributed by atoms with van der Waals surface area (Å²) >= 11 is 0. The topological polar surface area (TPSA) is 51.2 Å². The molecule has 0 fully saturated rings. The van der Waals surface area contributed by atoms with E-state index in [0.717, 1.165) is 31.0 Å². The first kappa shape index (κ1) is 17.0. The Morgan fingerprint density at radius 3 is 2.46 bits per heavy atom. The van der Waals surface area contributed by atoms with Gasteiger partial charge in [-0.1, -0.05) is 13.0 Å². The van der Waals surface area contributed by atoms with E-state index in [1.54, 1.807) is 21.3 Å². The molecule has 0 saturated heterocycles. The Balaban J connectivity index is 1.83. The molecular formula is C21H25NO4. The fourth-order valence-corrected chi connectivity index (χ4v) is 4.61. The number of nitrogens with zero attached hydrogens (tertiary/aromatic N) is 1. The van der Waals surface area contributed by atoms with Crippen LogP contribution in [0.3, 0.4) is 0 Å². The number of aromatic hydroxyl groups is 1. The van der Waals surface area contributed by atoms with Gasteiger partial charge in [-0.25, -0.2) is 0 Å². The molecule has 5 nitrogen and oxygen atoms in total. The van der Waals surface area contributed by atoms with Crippen molar-refractivity contribution in [1.29, 1.82) is 0 Å². The molecule has 0 amide bonds. The van der Waals surface area contributed by atoms with Crippen molar-refractivity contribution in [2.45, 2.75) is 31.8 Å². The molecule has 0 spiro atoms. The van der Waals surface area contributed by atoms with Crippen molar-refractivity contribution in [3.8, 4) is 23.0 Å². The predicted octanol–water partition coefficient (Wildman–Crippen LogP) is 3.63. The minimum Gasteiger partial charge on any atom is -0.504 e. The van der Waals surface area contributed by atoms with Crippen molar-refractivity contribution in [3.05, 3.63) is 46.5 Å². The minimum atomic E-state index is 0.218. The number of methoxy groups -OCH3 is 3. The summed E-state index contributed by atoms with van der Waals surface area (Å²) in [4.78, 5) is 2.49. The van der Waals surface area contributed by atoms with Crippen LogP contribution < -0.4 is 14.2 Å². The average molecular weight is 355 g/mol. The zero-order chi connectivity index (χ0) is 18.4. The molecule has 0 aromatic heterocycles. The summed E-state index contributed by atoms with van der Waals surface area (Å²) in [6.07, 6.45) is 0.914. The number of benzene rings is 2. The largest absolute Gasteiger partial charge is 0.504 e. The van der Waals surface area contributed by atoms with E-state index in [1.165, 1.54) is 22.3 Å². The molecule has 1 N–H and O–H groups in total. The minimum absolute atomic E-state index is 0.218. The van der Waals surface area contributed by atoms with Crippen LogP contribution in [0.25, 0.3) is 0 Å². The van der Waals surface area contributed by atoms with Crippen LogP contribution in [0.5, 0.6) is 23.0 Å². The second kappa shape index (κ2) is 6.40. The van der Waals surface area contributed by atoms with Crippen molar-refractivity contribution in [2.24, 2.45) is 0 Å². The van der Waals surface area contributed by atoms with Crippen LogP contribution >= 0.6 is 0 Å². The van der Waals surface area contributed by atoms with Crippen molar-refractivity contribution >= 4 is 0 Å². The molecule has 0 saturated carbocycles. The monoisotopic (exact) mass is 355 g/mol. The van der Waals surface area contributed by atoms with Gasteiger partial charge in [-0.3, -0.25) is 4.90 Å². The van der Waals surface area contributed by atoms with E-state index in [1.807, 2.05) is 18.2 Å². The molecule has 2 aromatic rings. The summed E-state index contributed by atoms with van der Waals surface area (Å²) in [7, 11) is 4.97. The molecule has 2 aliphatic rings. The lowest BCUT2D eigenvalue weighted by atomic mass is 9.77. The van der Waals surface area contributed by atoms with Gasteiger partial charge in [0.05, 0.1) is 21.3 Å². The summed E-state index contributed by atoms with van der Waals surface area (Å²) in [5.74, 6) is 2.67. The maximum Gasteiger partial charge on any atom is 0.165 e. The normalized spacial score (nSPS) is 21.4. The number of phenolic OH excluding ortho intramolecular Hbond substituents is 1. The predicted molar refractivity (Wildman–Crippen MR) is 99.5 cm³/mol. The quantitative estimate of drug-likeness (QED) is 0.911. The Labute approximate surface area is 154 Å². The van der Waals surface area contributed by atoms with E-state index in [0.29, 0.717) is 11.7 Å². The van der Waals surface area contributed by atoms with E-state index in [9.17, 15) is 5.11 Å². The third-order valence-corrected chi connectivity index (χ3v) is 5.83. The van der Waals surface area contributed by atoms with Gasteiger partial charge in [-0.2, -0.15) is 0 Å². The second-order valence-corrected chi connectivity index (χ2v) is 7.05. The maximum atomic E-state index is 10.1. The van der Waals surface area contributed by atoms with Crippen LogP contribution in [0.2, 0.25) is 0 Å². The molecular weight excluding hydrogens is 330 g/mol. The van der Waals surface area contributed by atoms with Gasteiger partial charge in [-0.05, 0) is 41.3 Å². The second-order valence-electron chi connectivity index (χ2n) is 7.05. The summed E-state index contributed by atoms with van der Waals surface area (Å²) < 4.78 is 16.5. The number of phenols is 1. The molecule has 2 aliphatic heterocycles. The first-order chi connectivity index (χ1) is 12.6. The van der Waals surface area contributed by atoms with Crippen LogP contribution in [0.4, 0.5) is 0 Å². The molecule has 4 rings (SSSR count). The lowest BCUT2D eigenvalue weighted by Crippen LogP contribution is -2.41. The highest BCUT2D eigenvalue weighted by atomic mass is 16.5. The van der Waals surface area contributed by atoms with Crippen LogP contribution in [-0.2, 0) is 13.0 Å². The summed E-state index contributed by atoms with van der Waals surface area (Å²) in [5.41, 5.74) is 4.97. The molecule has 1 unspecified atom stereocenters. The smallest absolute Gasteiger partial charge is 0.165 e. The van der Waals surface area contributed by atoms with Crippen molar-refractivity contribution < 1.29 is 19.3 Å². The van der Waals surface area contributed by atoms with Gasteiger partial charge in [0.25, 0.3) is 0 Å². The number of fused-ring (bicyclic) bond motifs is 4. The third kappa shape index (κ3) is 2.42. The van der Waals surface area contributed by atoms with Crippen LogP contribution in [-0.4, -0.2) is 37.9 Å². The van der Waals surface area contributed by atoms with E-state index >= 15 is 0 Å².